The highest BCUT2D eigenvalue weighted by atomic mass is 32.1. The second kappa shape index (κ2) is 9.13. The van der Waals surface area contributed by atoms with Crippen molar-refractivity contribution in [2.24, 2.45) is 0 Å². The van der Waals surface area contributed by atoms with Crippen molar-refractivity contribution in [1.29, 1.82) is 0 Å². The molecule has 2 N–H and O–H groups in total. The van der Waals surface area contributed by atoms with Gasteiger partial charge < -0.3 is 20.1 Å². The van der Waals surface area contributed by atoms with Crippen LogP contribution in [0.2, 0.25) is 0 Å². The summed E-state index contributed by atoms with van der Waals surface area (Å²) in [6.45, 7) is 2.83. The van der Waals surface area contributed by atoms with Gasteiger partial charge in [0.15, 0.2) is 5.11 Å². The monoisotopic (exact) mass is 344 g/mol. The molecule has 0 amide bonds. The van der Waals surface area contributed by atoms with Crippen molar-refractivity contribution in [2.45, 2.75) is 19.4 Å². The predicted molar refractivity (Wildman–Crippen MR) is 102 cm³/mol. The zero-order valence-electron chi connectivity index (χ0n) is 14.3. The smallest absolute Gasteiger partial charge is 0.166 e. The van der Waals surface area contributed by atoms with Crippen LogP contribution < -0.4 is 20.1 Å². The fourth-order valence-corrected chi connectivity index (χ4v) is 2.75. The Kier molecular flexibility index (Phi) is 6.88. The van der Waals surface area contributed by atoms with Gasteiger partial charge in [0.2, 0.25) is 0 Å². The van der Waals surface area contributed by atoms with Crippen LogP contribution in [0.3, 0.4) is 0 Å². The molecule has 0 spiro atoms. The second-order valence-corrected chi connectivity index (χ2v) is 5.87. The lowest BCUT2D eigenvalue weighted by Gasteiger charge is -2.20. The molecule has 0 aliphatic heterocycles. The Bertz CT molecular complexity index is 662. The Morgan fingerprint density at radius 2 is 1.83 bits per heavy atom. The van der Waals surface area contributed by atoms with Crippen LogP contribution in [-0.4, -0.2) is 25.9 Å². The first-order valence-corrected chi connectivity index (χ1v) is 8.35. The van der Waals surface area contributed by atoms with E-state index >= 15 is 0 Å². The lowest BCUT2D eigenvalue weighted by atomic mass is 10.1. The van der Waals surface area contributed by atoms with Crippen LogP contribution >= 0.6 is 12.2 Å². The Hall–Kier alpha value is -2.27. The number of rotatable bonds is 7. The van der Waals surface area contributed by atoms with Gasteiger partial charge in [0.25, 0.3) is 0 Å². The number of methoxy groups -OCH3 is 2. The standard InChI is InChI=1S/C19H24N2O2S/c1-14(17-13-16(22-2)9-10-18(17)23-3)21-19(24)20-12-11-15-7-5-4-6-8-15/h4-10,13-14H,11-12H2,1-3H3,(H2,20,21,24)/t14-/m1/s1. The molecule has 0 aromatic heterocycles. The zero-order valence-corrected chi connectivity index (χ0v) is 15.2. The molecular weight excluding hydrogens is 320 g/mol. The van der Waals surface area contributed by atoms with Crippen LogP contribution in [0.1, 0.15) is 24.1 Å². The minimum Gasteiger partial charge on any atom is -0.497 e. The number of hydrogen-bond acceptors (Lipinski definition) is 3. The van der Waals surface area contributed by atoms with E-state index in [1.165, 1.54) is 5.56 Å². The third kappa shape index (κ3) is 5.13. The maximum atomic E-state index is 5.43. The van der Waals surface area contributed by atoms with E-state index in [1.807, 2.05) is 43.3 Å². The summed E-state index contributed by atoms with van der Waals surface area (Å²) in [5.74, 6) is 1.60. The number of nitrogens with one attached hydrogen (secondary N) is 2. The van der Waals surface area contributed by atoms with Gasteiger partial charge in [-0.1, -0.05) is 30.3 Å². The average molecular weight is 344 g/mol. The molecule has 0 radical (unpaired) electrons. The first-order chi connectivity index (χ1) is 11.6. The molecule has 0 saturated heterocycles. The van der Waals surface area contributed by atoms with E-state index < -0.39 is 0 Å². The van der Waals surface area contributed by atoms with Crippen LogP contribution in [0, 0.1) is 0 Å². The predicted octanol–water partition coefficient (Wildman–Crippen LogP) is 3.47. The van der Waals surface area contributed by atoms with E-state index in [-0.39, 0.29) is 6.04 Å². The number of thiocarbonyl (C=S) groups is 1. The summed E-state index contributed by atoms with van der Waals surface area (Å²) < 4.78 is 10.7. The largest absolute Gasteiger partial charge is 0.497 e. The number of hydrogen-bond donors (Lipinski definition) is 2. The van der Waals surface area contributed by atoms with Gasteiger partial charge in [-0.3, -0.25) is 0 Å². The quantitative estimate of drug-likeness (QED) is 0.753. The van der Waals surface area contributed by atoms with Crippen molar-refractivity contribution in [3.63, 3.8) is 0 Å². The highest BCUT2D eigenvalue weighted by Gasteiger charge is 2.13. The summed E-state index contributed by atoms with van der Waals surface area (Å²) >= 11 is 5.39. The second-order valence-electron chi connectivity index (χ2n) is 5.47. The molecule has 1 atom stereocenters. The van der Waals surface area contributed by atoms with E-state index in [0.717, 1.165) is 30.0 Å². The molecule has 2 aromatic carbocycles. The average Bonchev–Trinajstić information content (AvgIpc) is 2.62. The van der Waals surface area contributed by atoms with Crippen LogP contribution in [0.25, 0.3) is 0 Å². The molecule has 2 rings (SSSR count). The molecule has 0 saturated carbocycles. The van der Waals surface area contributed by atoms with Gasteiger partial charge in [-0.25, -0.2) is 0 Å². The van der Waals surface area contributed by atoms with E-state index in [9.17, 15) is 0 Å². The third-order valence-corrected chi connectivity index (χ3v) is 4.06. The Balaban J connectivity index is 1.89. The van der Waals surface area contributed by atoms with Crippen molar-refractivity contribution < 1.29 is 9.47 Å². The molecule has 0 unspecified atom stereocenters. The van der Waals surface area contributed by atoms with Crippen molar-refractivity contribution in [1.82, 2.24) is 10.6 Å². The van der Waals surface area contributed by atoms with E-state index in [4.69, 9.17) is 21.7 Å². The molecule has 0 heterocycles. The Morgan fingerprint density at radius 3 is 2.50 bits per heavy atom. The molecule has 0 fully saturated rings. The molecule has 2 aromatic rings. The third-order valence-electron chi connectivity index (χ3n) is 3.79. The summed E-state index contributed by atoms with van der Waals surface area (Å²) in [5, 5.41) is 7.17. The van der Waals surface area contributed by atoms with Crippen molar-refractivity contribution in [3.05, 3.63) is 59.7 Å². The fourth-order valence-electron chi connectivity index (χ4n) is 2.47. The van der Waals surface area contributed by atoms with Gasteiger partial charge in [0.1, 0.15) is 11.5 Å². The lowest BCUT2D eigenvalue weighted by molar-refractivity contribution is 0.395. The van der Waals surface area contributed by atoms with E-state index in [0.29, 0.717) is 5.11 Å². The topological polar surface area (TPSA) is 42.5 Å². The first-order valence-electron chi connectivity index (χ1n) is 7.94. The molecule has 4 nitrogen and oxygen atoms in total. The van der Waals surface area contributed by atoms with Crippen LogP contribution in [0.15, 0.2) is 48.5 Å². The molecule has 128 valence electrons. The fraction of sp³-hybridized carbons (Fsp3) is 0.316. The van der Waals surface area contributed by atoms with Crippen LogP contribution in [0.5, 0.6) is 11.5 Å². The summed E-state index contributed by atoms with van der Waals surface area (Å²) in [6.07, 6.45) is 0.930. The molecule has 5 heteroatoms. The Morgan fingerprint density at radius 1 is 1.08 bits per heavy atom. The van der Waals surface area contributed by atoms with Crippen molar-refractivity contribution >= 4 is 17.3 Å². The van der Waals surface area contributed by atoms with Crippen molar-refractivity contribution in [3.8, 4) is 11.5 Å². The van der Waals surface area contributed by atoms with Crippen LogP contribution in [0.4, 0.5) is 0 Å². The normalized spacial score (nSPS) is 11.5. The highest BCUT2D eigenvalue weighted by Crippen LogP contribution is 2.29. The lowest BCUT2D eigenvalue weighted by Crippen LogP contribution is -2.37. The summed E-state index contributed by atoms with van der Waals surface area (Å²) in [6, 6.07) is 16.1. The van der Waals surface area contributed by atoms with Gasteiger partial charge >= 0.3 is 0 Å². The zero-order chi connectivity index (χ0) is 17.4. The maximum absolute atomic E-state index is 5.43. The van der Waals surface area contributed by atoms with Gasteiger partial charge in [-0.15, -0.1) is 0 Å². The number of ether oxygens (including phenoxy) is 2. The number of benzene rings is 2. The summed E-state index contributed by atoms with van der Waals surface area (Å²) in [5.41, 5.74) is 2.29. The molecule has 0 aliphatic carbocycles. The minimum atomic E-state index is 0.00627. The maximum Gasteiger partial charge on any atom is 0.166 e. The Labute approximate surface area is 149 Å². The summed E-state index contributed by atoms with van der Waals surface area (Å²) in [7, 11) is 3.31. The molecule has 0 aliphatic rings. The highest BCUT2D eigenvalue weighted by molar-refractivity contribution is 7.80. The van der Waals surface area contributed by atoms with Gasteiger partial charge in [-0.2, -0.15) is 0 Å². The van der Waals surface area contributed by atoms with Gasteiger partial charge in [0, 0.05) is 12.1 Å². The SMILES string of the molecule is COc1ccc(OC)c([C@@H](C)NC(=S)NCCc2ccccc2)c1. The van der Waals surface area contributed by atoms with Crippen molar-refractivity contribution in [2.75, 3.05) is 20.8 Å². The molecule has 0 bridgehead atoms. The minimum absolute atomic E-state index is 0.00627. The van der Waals surface area contributed by atoms with Crippen LogP contribution in [-0.2, 0) is 6.42 Å². The molecular formula is C19H24N2O2S. The van der Waals surface area contributed by atoms with E-state index in [1.54, 1.807) is 14.2 Å². The van der Waals surface area contributed by atoms with Gasteiger partial charge in [0.05, 0.1) is 20.3 Å². The van der Waals surface area contributed by atoms with E-state index in [2.05, 4.69) is 22.8 Å². The summed E-state index contributed by atoms with van der Waals surface area (Å²) in [4.78, 5) is 0. The van der Waals surface area contributed by atoms with Gasteiger partial charge in [-0.05, 0) is 49.3 Å². The molecule has 24 heavy (non-hydrogen) atoms. The first kappa shape index (κ1) is 18.1.